The van der Waals surface area contributed by atoms with Crippen LogP contribution < -0.4 is 0 Å². The topological polar surface area (TPSA) is 40.6 Å². The number of amides is 2. The molecule has 2 aromatic carbocycles. The molecule has 0 aromatic heterocycles. The Hall–Kier alpha value is -2.62. The molecular weight excluding hydrogens is 348 g/mol. The van der Waals surface area contributed by atoms with Crippen LogP contribution in [0.4, 0.5) is 0 Å². The summed E-state index contributed by atoms with van der Waals surface area (Å²) in [5.74, 6) is 0.415. The Bertz CT molecular complexity index is 827. The molecule has 2 aromatic rings. The highest BCUT2D eigenvalue weighted by atomic mass is 16.2. The van der Waals surface area contributed by atoms with Crippen LogP contribution in [0.5, 0.6) is 0 Å². The van der Waals surface area contributed by atoms with Gasteiger partial charge in [0, 0.05) is 32.6 Å². The van der Waals surface area contributed by atoms with Crippen LogP contribution in [0, 0.1) is 11.8 Å². The molecule has 4 rings (SSSR count). The van der Waals surface area contributed by atoms with Crippen molar-refractivity contribution in [1.82, 2.24) is 9.80 Å². The number of hydrogen-bond acceptors (Lipinski definition) is 2. The average molecular weight is 377 g/mol. The second-order valence-electron chi connectivity index (χ2n) is 8.14. The van der Waals surface area contributed by atoms with E-state index in [9.17, 15) is 9.59 Å². The van der Waals surface area contributed by atoms with E-state index in [1.807, 2.05) is 30.1 Å². The van der Waals surface area contributed by atoms with E-state index < -0.39 is 0 Å². The lowest BCUT2D eigenvalue weighted by Gasteiger charge is -2.31. The number of carbonyl (C=O) groups excluding carboxylic acids is 2. The fraction of sp³-hybridized carbons (Fsp3) is 0.417. The summed E-state index contributed by atoms with van der Waals surface area (Å²) in [4.78, 5) is 29.3. The molecule has 1 unspecified atom stereocenters. The van der Waals surface area contributed by atoms with Gasteiger partial charge in [-0.05, 0) is 36.0 Å². The van der Waals surface area contributed by atoms with E-state index in [0.29, 0.717) is 26.1 Å². The molecule has 1 aliphatic carbocycles. The predicted octanol–water partition coefficient (Wildman–Crippen LogP) is 3.61. The van der Waals surface area contributed by atoms with E-state index in [1.54, 1.807) is 4.90 Å². The minimum absolute atomic E-state index is 0.149. The number of hydrogen-bond donors (Lipinski definition) is 0. The largest absolute Gasteiger partial charge is 0.344 e. The van der Waals surface area contributed by atoms with E-state index in [4.69, 9.17) is 0 Å². The van der Waals surface area contributed by atoms with Gasteiger partial charge in [-0.3, -0.25) is 9.59 Å². The summed E-state index contributed by atoms with van der Waals surface area (Å²) in [7, 11) is 1.85. The smallest absolute Gasteiger partial charge is 0.227 e. The SMILES string of the molecule is CN1CCN(C(=O)C2CCC2)CC(Cc2ccc(-c3ccccc3)cc2)C1=O. The Kier molecular flexibility index (Phi) is 5.47. The zero-order chi connectivity index (χ0) is 19.5. The second-order valence-corrected chi connectivity index (χ2v) is 8.14. The van der Waals surface area contributed by atoms with Gasteiger partial charge >= 0.3 is 0 Å². The summed E-state index contributed by atoms with van der Waals surface area (Å²) in [5.41, 5.74) is 3.51. The highest BCUT2D eigenvalue weighted by Crippen LogP contribution is 2.29. The molecule has 28 heavy (non-hydrogen) atoms. The van der Waals surface area contributed by atoms with Crippen molar-refractivity contribution in [3.63, 3.8) is 0 Å². The van der Waals surface area contributed by atoms with Gasteiger partial charge in [-0.1, -0.05) is 61.0 Å². The van der Waals surface area contributed by atoms with Crippen molar-refractivity contribution in [3.05, 3.63) is 60.2 Å². The van der Waals surface area contributed by atoms with E-state index in [-0.39, 0.29) is 23.7 Å². The minimum Gasteiger partial charge on any atom is -0.344 e. The number of carbonyl (C=O) groups is 2. The van der Waals surface area contributed by atoms with Crippen LogP contribution in [0.15, 0.2) is 54.6 Å². The van der Waals surface area contributed by atoms with Gasteiger partial charge in [-0.2, -0.15) is 0 Å². The van der Waals surface area contributed by atoms with Gasteiger partial charge in [0.2, 0.25) is 11.8 Å². The van der Waals surface area contributed by atoms with Crippen LogP contribution in [0.25, 0.3) is 11.1 Å². The summed E-state index contributed by atoms with van der Waals surface area (Å²) in [5, 5.41) is 0. The van der Waals surface area contributed by atoms with E-state index in [2.05, 4.69) is 36.4 Å². The van der Waals surface area contributed by atoms with Crippen molar-refractivity contribution < 1.29 is 9.59 Å². The molecule has 2 amide bonds. The van der Waals surface area contributed by atoms with Gasteiger partial charge in [-0.15, -0.1) is 0 Å². The average Bonchev–Trinajstić information content (AvgIpc) is 2.82. The fourth-order valence-electron chi connectivity index (χ4n) is 4.14. The fourth-order valence-corrected chi connectivity index (χ4v) is 4.14. The number of nitrogens with zero attached hydrogens (tertiary/aromatic N) is 2. The quantitative estimate of drug-likeness (QED) is 0.818. The van der Waals surface area contributed by atoms with Crippen molar-refractivity contribution in [2.45, 2.75) is 25.7 Å². The molecular formula is C24H28N2O2. The van der Waals surface area contributed by atoms with Crippen LogP contribution in [0.1, 0.15) is 24.8 Å². The summed E-state index contributed by atoms with van der Waals surface area (Å²) < 4.78 is 0. The molecule has 4 nitrogen and oxygen atoms in total. The Morgan fingerprint density at radius 3 is 2.29 bits per heavy atom. The minimum atomic E-state index is -0.167. The molecule has 1 heterocycles. The van der Waals surface area contributed by atoms with Gasteiger partial charge in [0.05, 0.1) is 5.92 Å². The summed E-state index contributed by atoms with van der Waals surface area (Å²) in [6.45, 7) is 1.82. The highest BCUT2D eigenvalue weighted by molar-refractivity contribution is 5.83. The number of rotatable bonds is 4. The Morgan fingerprint density at radius 2 is 1.64 bits per heavy atom. The lowest BCUT2D eigenvalue weighted by molar-refractivity contribution is -0.138. The first-order valence-corrected chi connectivity index (χ1v) is 10.3. The van der Waals surface area contributed by atoms with Crippen molar-refractivity contribution >= 4 is 11.8 Å². The van der Waals surface area contributed by atoms with Gasteiger partial charge < -0.3 is 9.80 Å². The van der Waals surface area contributed by atoms with Crippen LogP contribution in [0.3, 0.4) is 0 Å². The molecule has 1 aliphatic heterocycles. The van der Waals surface area contributed by atoms with Crippen molar-refractivity contribution in [1.29, 1.82) is 0 Å². The monoisotopic (exact) mass is 376 g/mol. The molecule has 0 bridgehead atoms. The van der Waals surface area contributed by atoms with Crippen LogP contribution in [-0.4, -0.2) is 48.3 Å². The Labute approximate surface area is 167 Å². The lowest BCUT2D eigenvalue weighted by atomic mass is 9.84. The molecule has 2 aliphatic rings. The van der Waals surface area contributed by atoms with Crippen LogP contribution >= 0.6 is 0 Å². The predicted molar refractivity (Wildman–Crippen MR) is 111 cm³/mol. The first-order valence-electron chi connectivity index (χ1n) is 10.3. The van der Waals surface area contributed by atoms with Crippen LogP contribution in [-0.2, 0) is 16.0 Å². The first-order chi connectivity index (χ1) is 13.6. The second kappa shape index (κ2) is 8.17. The third-order valence-corrected chi connectivity index (χ3v) is 6.18. The molecule has 1 saturated heterocycles. The molecule has 4 heteroatoms. The standard InChI is InChI=1S/C24H28N2O2/c1-25-14-15-26(24(28)21-8-5-9-21)17-22(23(25)27)16-18-10-12-20(13-11-18)19-6-3-2-4-7-19/h2-4,6-7,10-13,21-22H,5,8-9,14-17H2,1H3. The maximum Gasteiger partial charge on any atom is 0.227 e. The summed E-state index contributed by atoms with van der Waals surface area (Å²) in [6, 6.07) is 18.7. The Morgan fingerprint density at radius 1 is 0.964 bits per heavy atom. The zero-order valence-corrected chi connectivity index (χ0v) is 16.5. The maximum absolute atomic E-state index is 12.8. The summed E-state index contributed by atoms with van der Waals surface area (Å²) in [6.07, 6.45) is 3.84. The normalized spacial score (nSPS) is 20.6. The first kappa shape index (κ1) is 18.7. The van der Waals surface area contributed by atoms with Crippen LogP contribution in [0.2, 0.25) is 0 Å². The van der Waals surface area contributed by atoms with E-state index >= 15 is 0 Å². The molecule has 1 atom stereocenters. The van der Waals surface area contributed by atoms with Crippen molar-refractivity contribution in [2.24, 2.45) is 11.8 Å². The summed E-state index contributed by atoms with van der Waals surface area (Å²) >= 11 is 0. The lowest BCUT2D eigenvalue weighted by Crippen LogP contribution is -2.42. The van der Waals surface area contributed by atoms with E-state index in [0.717, 1.165) is 24.8 Å². The third-order valence-electron chi connectivity index (χ3n) is 6.18. The molecule has 0 N–H and O–H groups in total. The Balaban J connectivity index is 1.48. The molecule has 1 saturated carbocycles. The number of benzene rings is 2. The molecule has 0 radical (unpaired) electrons. The van der Waals surface area contributed by atoms with Gasteiger partial charge in [0.15, 0.2) is 0 Å². The maximum atomic E-state index is 12.8. The van der Waals surface area contributed by atoms with Crippen molar-refractivity contribution in [2.75, 3.05) is 26.7 Å². The molecule has 146 valence electrons. The molecule has 0 spiro atoms. The van der Waals surface area contributed by atoms with Gasteiger partial charge in [-0.25, -0.2) is 0 Å². The van der Waals surface area contributed by atoms with Gasteiger partial charge in [0.1, 0.15) is 0 Å². The highest BCUT2D eigenvalue weighted by Gasteiger charge is 2.35. The molecule has 2 fully saturated rings. The van der Waals surface area contributed by atoms with Crippen molar-refractivity contribution in [3.8, 4) is 11.1 Å². The number of likely N-dealkylation sites (N-methyl/N-ethyl adjacent to an activating group) is 1. The third kappa shape index (κ3) is 3.96. The van der Waals surface area contributed by atoms with Gasteiger partial charge in [0.25, 0.3) is 0 Å². The zero-order valence-electron chi connectivity index (χ0n) is 16.5. The van der Waals surface area contributed by atoms with E-state index in [1.165, 1.54) is 11.1 Å².